The van der Waals surface area contributed by atoms with Crippen LogP contribution in [0.25, 0.3) is 0 Å². The molecule has 0 aliphatic rings. The second kappa shape index (κ2) is 5.79. The highest BCUT2D eigenvalue weighted by Gasteiger charge is 2.12. The Hall–Kier alpha value is -1.95. The summed E-state index contributed by atoms with van der Waals surface area (Å²) in [4.78, 5) is 15.7. The molecule has 98 valence electrons. The molecular formula is C13H10BrFN2O2. The Morgan fingerprint density at radius 1 is 1.37 bits per heavy atom. The Bertz CT molecular complexity index is 619. The van der Waals surface area contributed by atoms with E-state index in [4.69, 9.17) is 10.5 Å². The second-order valence-corrected chi connectivity index (χ2v) is 4.73. The van der Waals surface area contributed by atoms with E-state index >= 15 is 0 Å². The number of pyridine rings is 1. The first-order valence-electron chi connectivity index (χ1n) is 5.38. The van der Waals surface area contributed by atoms with Crippen LogP contribution in [-0.2, 0) is 11.3 Å². The first-order valence-corrected chi connectivity index (χ1v) is 6.17. The fraction of sp³-hybridized carbons (Fsp3) is 0.0769. The molecule has 0 unspecified atom stereocenters. The highest BCUT2D eigenvalue weighted by molar-refractivity contribution is 9.10. The predicted octanol–water partition coefficient (Wildman–Crippen LogP) is 2.92. The fourth-order valence-corrected chi connectivity index (χ4v) is 1.89. The predicted molar refractivity (Wildman–Crippen MR) is 71.9 cm³/mol. The summed E-state index contributed by atoms with van der Waals surface area (Å²) in [5.41, 5.74) is 6.49. The van der Waals surface area contributed by atoms with E-state index in [-0.39, 0.29) is 17.9 Å². The number of anilines is 1. The van der Waals surface area contributed by atoms with Crippen molar-refractivity contribution in [1.82, 2.24) is 4.98 Å². The van der Waals surface area contributed by atoms with Crippen molar-refractivity contribution in [3.05, 3.63) is 58.1 Å². The first kappa shape index (κ1) is 13.5. The molecule has 1 heterocycles. The third-order valence-electron chi connectivity index (χ3n) is 2.36. The van der Waals surface area contributed by atoms with E-state index in [9.17, 15) is 9.18 Å². The quantitative estimate of drug-likeness (QED) is 0.696. The number of rotatable bonds is 3. The van der Waals surface area contributed by atoms with Crippen molar-refractivity contribution in [2.75, 3.05) is 5.73 Å². The summed E-state index contributed by atoms with van der Waals surface area (Å²) in [6, 6.07) is 5.32. The molecule has 0 saturated carbocycles. The molecule has 6 heteroatoms. The van der Waals surface area contributed by atoms with Gasteiger partial charge in [-0.3, -0.25) is 4.98 Å². The molecule has 1 aromatic carbocycles. The van der Waals surface area contributed by atoms with Crippen molar-refractivity contribution in [3.63, 3.8) is 0 Å². The largest absolute Gasteiger partial charge is 0.457 e. The highest BCUT2D eigenvalue weighted by Crippen LogP contribution is 2.16. The van der Waals surface area contributed by atoms with Gasteiger partial charge in [0.25, 0.3) is 0 Å². The average Bonchev–Trinajstić information content (AvgIpc) is 2.36. The van der Waals surface area contributed by atoms with E-state index in [0.717, 1.165) is 22.2 Å². The van der Waals surface area contributed by atoms with Crippen LogP contribution < -0.4 is 5.73 Å². The number of nitrogens with two attached hydrogens (primary N) is 1. The van der Waals surface area contributed by atoms with Gasteiger partial charge >= 0.3 is 5.97 Å². The van der Waals surface area contributed by atoms with E-state index in [2.05, 4.69) is 20.9 Å². The van der Waals surface area contributed by atoms with Crippen LogP contribution in [0, 0.1) is 5.82 Å². The standard InChI is InChI=1S/C13H10BrFN2O2/c14-9-3-8(5-17-6-9)7-19-13(18)11-2-1-10(15)4-12(11)16/h1-6H,7,16H2. The van der Waals surface area contributed by atoms with Crippen LogP contribution in [0.1, 0.15) is 15.9 Å². The number of carbonyl (C=O) groups excluding carboxylic acids is 1. The zero-order valence-corrected chi connectivity index (χ0v) is 11.4. The molecule has 0 radical (unpaired) electrons. The van der Waals surface area contributed by atoms with Crippen molar-refractivity contribution < 1.29 is 13.9 Å². The molecule has 0 spiro atoms. The Kier molecular flexibility index (Phi) is 4.11. The lowest BCUT2D eigenvalue weighted by Crippen LogP contribution is -2.08. The van der Waals surface area contributed by atoms with Gasteiger partial charge < -0.3 is 10.5 Å². The average molecular weight is 325 g/mol. The molecule has 2 aromatic rings. The molecule has 0 aliphatic carbocycles. The van der Waals surface area contributed by atoms with Gasteiger partial charge in [-0.25, -0.2) is 9.18 Å². The summed E-state index contributed by atoms with van der Waals surface area (Å²) >= 11 is 3.27. The lowest BCUT2D eigenvalue weighted by Gasteiger charge is -2.07. The number of hydrogen-bond acceptors (Lipinski definition) is 4. The normalized spacial score (nSPS) is 10.2. The van der Waals surface area contributed by atoms with Gasteiger partial charge in [0.15, 0.2) is 0 Å². The number of ether oxygens (including phenoxy) is 1. The third kappa shape index (κ3) is 3.51. The van der Waals surface area contributed by atoms with Crippen molar-refractivity contribution in [1.29, 1.82) is 0 Å². The lowest BCUT2D eigenvalue weighted by molar-refractivity contribution is 0.0473. The number of benzene rings is 1. The van der Waals surface area contributed by atoms with Crippen LogP contribution in [0.15, 0.2) is 41.1 Å². The topological polar surface area (TPSA) is 65.2 Å². The molecule has 0 saturated heterocycles. The van der Waals surface area contributed by atoms with Gasteiger partial charge in [0.1, 0.15) is 12.4 Å². The van der Waals surface area contributed by atoms with Crippen LogP contribution in [-0.4, -0.2) is 11.0 Å². The van der Waals surface area contributed by atoms with Crippen molar-refractivity contribution in [3.8, 4) is 0 Å². The number of nitrogen functional groups attached to an aromatic ring is 1. The third-order valence-corrected chi connectivity index (χ3v) is 2.80. The summed E-state index contributed by atoms with van der Waals surface area (Å²) in [6.45, 7) is 0.0715. The maximum atomic E-state index is 12.9. The van der Waals surface area contributed by atoms with Crippen LogP contribution >= 0.6 is 15.9 Å². The summed E-state index contributed by atoms with van der Waals surface area (Å²) in [5, 5.41) is 0. The summed E-state index contributed by atoms with van der Waals surface area (Å²) in [5.74, 6) is -1.09. The SMILES string of the molecule is Nc1cc(F)ccc1C(=O)OCc1cncc(Br)c1. The van der Waals surface area contributed by atoms with E-state index < -0.39 is 11.8 Å². The molecule has 0 amide bonds. The second-order valence-electron chi connectivity index (χ2n) is 3.82. The van der Waals surface area contributed by atoms with Gasteiger partial charge in [-0.1, -0.05) is 0 Å². The zero-order chi connectivity index (χ0) is 13.8. The van der Waals surface area contributed by atoms with Gasteiger partial charge in [0, 0.05) is 28.1 Å². The molecule has 4 nitrogen and oxygen atoms in total. The number of carbonyl (C=O) groups is 1. The van der Waals surface area contributed by atoms with Crippen molar-refractivity contribution in [2.45, 2.75) is 6.61 Å². The van der Waals surface area contributed by atoms with Crippen LogP contribution in [0.5, 0.6) is 0 Å². The van der Waals surface area contributed by atoms with Crippen molar-refractivity contribution in [2.24, 2.45) is 0 Å². The van der Waals surface area contributed by atoms with Gasteiger partial charge in [0.05, 0.1) is 5.56 Å². The lowest BCUT2D eigenvalue weighted by atomic mass is 10.2. The van der Waals surface area contributed by atoms with E-state index in [0.29, 0.717) is 0 Å². The smallest absolute Gasteiger partial charge is 0.340 e. The first-order chi connectivity index (χ1) is 9.06. The fourth-order valence-electron chi connectivity index (χ4n) is 1.48. The van der Waals surface area contributed by atoms with Gasteiger partial charge in [-0.15, -0.1) is 0 Å². The number of hydrogen-bond donors (Lipinski definition) is 1. The van der Waals surface area contributed by atoms with Gasteiger partial charge in [-0.05, 0) is 40.2 Å². The van der Waals surface area contributed by atoms with Crippen LogP contribution in [0.3, 0.4) is 0 Å². The number of halogens is 2. The van der Waals surface area contributed by atoms with Gasteiger partial charge in [0.2, 0.25) is 0 Å². The van der Waals surface area contributed by atoms with Crippen LogP contribution in [0.4, 0.5) is 10.1 Å². The number of aromatic nitrogens is 1. The zero-order valence-electron chi connectivity index (χ0n) is 9.77. The minimum Gasteiger partial charge on any atom is -0.457 e. The molecule has 0 bridgehead atoms. The van der Waals surface area contributed by atoms with Crippen LogP contribution in [0.2, 0.25) is 0 Å². The van der Waals surface area contributed by atoms with E-state index in [1.807, 2.05) is 0 Å². The van der Waals surface area contributed by atoms with Crippen molar-refractivity contribution >= 4 is 27.6 Å². The van der Waals surface area contributed by atoms with Gasteiger partial charge in [-0.2, -0.15) is 0 Å². The minimum atomic E-state index is -0.600. The number of esters is 1. The Morgan fingerprint density at radius 2 is 2.16 bits per heavy atom. The molecule has 2 N–H and O–H groups in total. The molecule has 0 atom stereocenters. The molecule has 0 fully saturated rings. The Labute approximate surface area is 117 Å². The Morgan fingerprint density at radius 3 is 2.84 bits per heavy atom. The summed E-state index contributed by atoms with van der Waals surface area (Å²) in [7, 11) is 0. The minimum absolute atomic E-state index is 0.0531. The summed E-state index contributed by atoms with van der Waals surface area (Å²) < 4.78 is 18.7. The molecule has 1 aromatic heterocycles. The maximum Gasteiger partial charge on any atom is 0.340 e. The maximum absolute atomic E-state index is 12.9. The van der Waals surface area contributed by atoms with E-state index in [1.54, 1.807) is 18.5 Å². The molecule has 0 aliphatic heterocycles. The molecule has 2 rings (SSSR count). The number of nitrogens with zero attached hydrogens (tertiary/aromatic N) is 1. The monoisotopic (exact) mass is 324 g/mol. The molecule has 19 heavy (non-hydrogen) atoms. The Balaban J connectivity index is 2.05. The molecular weight excluding hydrogens is 315 g/mol. The summed E-state index contributed by atoms with van der Waals surface area (Å²) in [6.07, 6.45) is 3.22. The van der Waals surface area contributed by atoms with E-state index in [1.165, 1.54) is 6.07 Å². The highest BCUT2D eigenvalue weighted by atomic mass is 79.9.